The quantitative estimate of drug-likeness (QED) is 0.800. The normalized spacial score (nSPS) is 30.6. The molecule has 0 atom stereocenters. The third-order valence-corrected chi connectivity index (χ3v) is 5.50. The number of hydrogen-bond acceptors (Lipinski definition) is 3. The molecule has 0 aromatic carbocycles. The second-order valence-electron chi connectivity index (χ2n) is 7.64. The highest BCUT2D eigenvalue weighted by molar-refractivity contribution is 4.94. The lowest BCUT2D eigenvalue weighted by Gasteiger charge is -2.41. The number of likely N-dealkylation sites (tertiary alicyclic amines) is 1. The van der Waals surface area contributed by atoms with E-state index in [0.29, 0.717) is 5.41 Å². The fraction of sp³-hybridized carbons (Fsp3) is 1.00. The van der Waals surface area contributed by atoms with E-state index >= 15 is 0 Å². The Hall–Kier alpha value is -0.120. The van der Waals surface area contributed by atoms with Gasteiger partial charge in [0.2, 0.25) is 0 Å². The van der Waals surface area contributed by atoms with Crippen molar-refractivity contribution >= 4 is 0 Å². The lowest BCUT2D eigenvalue weighted by molar-refractivity contribution is -0.0156. The van der Waals surface area contributed by atoms with Crippen molar-refractivity contribution in [2.45, 2.75) is 69.9 Å². The van der Waals surface area contributed by atoms with Crippen molar-refractivity contribution in [2.24, 2.45) is 5.41 Å². The fourth-order valence-electron chi connectivity index (χ4n) is 3.83. The minimum absolute atomic E-state index is 0.411. The minimum Gasteiger partial charge on any atom is -0.390 e. The molecule has 0 radical (unpaired) electrons. The Labute approximate surface area is 117 Å². The van der Waals surface area contributed by atoms with Gasteiger partial charge in [0.25, 0.3) is 0 Å². The zero-order valence-electron chi connectivity index (χ0n) is 12.5. The summed E-state index contributed by atoms with van der Waals surface area (Å²) in [4.78, 5) is 2.61. The molecule has 0 aromatic rings. The van der Waals surface area contributed by atoms with Gasteiger partial charge in [-0.05, 0) is 50.9 Å². The molecule has 2 N–H and O–H groups in total. The first-order chi connectivity index (χ1) is 9.07. The minimum atomic E-state index is -0.411. The summed E-state index contributed by atoms with van der Waals surface area (Å²) in [5.74, 6) is 0. The summed E-state index contributed by atoms with van der Waals surface area (Å²) in [6, 6.07) is 0.833. The molecule has 110 valence electrons. The molecule has 0 spiro atoms. The first-order valence-electron chi connectivity index (χ1n) is 8.25. The molecule has 19 heavy (non-hydrogen) atoms. The van der Waals surface area contributed by atoms with E-state index in [-0.39, 0.29) is 0 Å². The Balaban J connectivity index is 1.52. The molecule has 0 bridgehead atoms. The van der Waals surface area contributed by atoms with Crippen molar-refractivity contribution in [3.8, 4) is 0 Å². The van der Waals surface area contributed by atoms with E-state index in [0.717, 1.165) is 32.0 Å². The second-order valence-corrected chi connectivity index (χ2v) is 7.64. The first kappa shape index (κ1) is 13.8. The third kappa shape index (κ3) is 3.71. The number of rotatable bonds is 5. The number of nitrogens with zero attached hydrogens (tertiary/aromatic N) is 1. The van der Waals surface area contributed by atoms with Gasteiger partial charge in [-0.25, -0.2) is 0 Å². The summed E-state index contributed by atoms with van der Waals surface area (Å²) in [5, 5.41) is 13.8. The first-order valence-corrected chi connectivity index (χ1v) is 8.25. The monoisotopic (exact) mass is 266 g/mol. The van der Waals surface area contributed by atoms with Crippen LogP contribution in [0.5, 0.6) is 0 Å². The van der Waals surface area contributed by atoms with Crippen LogP contribution in [0.4, 0.5) is 0 Å². The Morgan fingerprint density at radius 2 is 1.74 bits per heavy atom. The second kappa shape index (κ2) is 5.34. The maximum absolute atomic E-state index is 10.1. The van der Waals surface area contributed by atoms with Crippen LogP contribution in [-0.2, 0) is 0 Å². The van der Waals surface area contributed by atoms with Gasteiger partial charge >= 0.3 is 0 Å². The van der Waals surface area contributed by atoms with Crippen LogP contribution in [-0.4, -0.2) is 47.8 Å². The van der Waals surface area contributed by atoms with Crippen LogP contribution in [0.25, 0.3) is 0 Å². The molecule has 3 rings (SSSR count). The molecular formula is C16H30N2O. The largest absolute Gasteiger partial charge is 0.390 e. The van der Waals surface area contributed by atoms with Crippen LogP contribution in [0.1, 0.15) is 58.3 Å². The van der Waals surface area contributed by atoms with E-state index in [1.165, 1.54) is 51.6 Å². The predicted octanol–water partition coefficient (Wildman–Crippen LogP) is 2.15. The lowest BCUT2D eigenvalue weighted by atomic mass is 9.84. The third-order valence-electron chi connectivity index (χ3n) is 5.50. The molecular weight excluding hydrogens is 236 g/mol. The number of hydrogen-bond donors (Lipinski definition) is 2. The van der Waals surface area contributed by atoms with Crippen molar-refractivity contribution < 1.29 is 5.11 Å². The number of piperidine rings is 1. The van der Waals surface area contributed by atoms with Crippen molar-refractivity contribution in [1.29, 1.82) is 0 Å². The van der Waals surface area contributed by atoms with E-state index in [1.54, 1.807) is 0 Å². The lowest BCUT2D eigenvalue weighted by Crippen LogP contribution is -2.48. The summed E-state index contributed by atoms with van der Waals surface area (Å²) in [7, 11) is 0. The number of nitrogens with one attached hydrogen (secondary N) is 1. The van der Waals surface area contributed by atoms with Gasteiger partial charge in [0.1, 0.15) is 0 Å². The molecule has 1 heterocycles. The molecule has 3 nitrogen and oxygen atoms in total. The SMILES string of the molecule is CC1(O)CCN(CC2(CNC3CC3)CCCC2)CC1. The molecule has 2 aliphatic carbocycles. The van der Waals surface area contributed by atoms with Gasteiger partial charge in [0.15, 0.2) is 0 Å². The van der Waals surface area contributed by atoms with Gasteiger partial charge < -0.3 is 15.3 Å². The van der Waals surface area contributed by atoms with Crippen molar-refractivity contribution in [1.82, 2.24) is 10.2 Å². The molecule has 1 saturated heterocycles. The summed E-state index contributed by atoms with van der Waals surface area (Å²) in [6.07, 6.45) is 10.3. The van der Waals surface area contributed by atoms with E-state index in [1.807, 2.05) is 6.92 Å². The Bertz CT molecular complexity index is 296. The predicted molar refractivity (Wildman–Crippen MR) is 78.2 cm³/mol. The van der Waals surface area contributed by atoms with E-state index < -0.39 is 5.60 Å². The molecule has 1 aliphatic heterocycles. The molecule has 0 unspecified atom stereocenters. The van der Waals surface area contributed by atoms with Crippen LogP contribution in [0, 0.1) is 5.41 Å². The van der Waals surface area contributed by atoms with Gasteiger partial charge in [-0.1, -0.05) is 12.8 Å². The summed E-state index contributed by atoms with van der Waals surface area (Å²) in [5.41, 5.74) is 0.122. The van der Waals surface area contributed by atoms with Gasteiger partial charge in [0, 0.05) is 32.2 Å². The van der Waals surface area contributed by atoms with Crippen molar-refractivity contribution in [2.75, 3.05) is 26.2 Å². The van der Waals surface area contributed by atoms with Crippen molar-refractivity contribution in [3.05, 3.63) is 0 Å². The molecule has 3 aliphatic rings. The number of aliphatic hydroxyl groups is 1. The zero-order valence-corrected chi connectivity index (χ0v) is 12.5. The van der Waals surface area contributed by atoms with E-state index in [2.05, 4.69) is 10.2 Å². The molecule has 2 saturated carbocycles. The smallest absolute Gasteiger partial charge is 0.0644 e. The zero-order chi connectivity index (χ0) is 13.3. The molecule has 3 heteroatoms. The van der Waals surface area contributed by atoms with Crippen LogP contribution in [0.2, 0.25) is 0 Å². The highest BCUT2D eigenvalue weighted by atomic mass is 16.3. The molecule has 3 fully saturated rings. The van der Waals surface area contributed by atoms with Gasteiger partial charge in [-0.15, -0.1) is 0 Å². The Morgan fingerprint density at radius 3 is 2.32 bits per heavy atom. The van der Waals surface area contributed by atoms with Gasteiger partial charge in [-0.2, -0.15) is 0 Å². The van der Waals surface area contributed by atoms with Crippen LogP contribution in [0.3, 0.4) is 0 Å². The highest BCUT2D eigenvalue weighted by Gasteiger charge is 2.38. The Morgan fingerprint density at radius 1 is 1.11 bits per heavy atom. The Kier molecular flexibility index (Phi) is 3.89. The van der Waals surface area contributed by atoms with Gasteiger partial charge in [-0.3, -0.25) is 0 Å². The molecule has 0 amide bonds. The van der Waals surface area contributed by atoms with Crippen LogP contribution in [0.15, 0.2) is 0 Å². The summed E-state index contributed by atoms with van der Waals surface area (Å²) < 4.78 is 0. The highest BCUT2D eigenvalue weighted by Crippen LogP contribution is 2.40. The summed E-state index contributed by atoms with van der Waals surface area (Å²) >= 11 is 0. The van der Waals surface area contributed by atoms with Crippen molar-refractivity contribution in [3.63, 3.8) is 0 Å². The van der Waals surface area contributed by atoms with E-state index in [9.17, 15) is 5.11 Å². The van der Waals surface area contributed by atoms with Crippen LogP contribution < -0.4 is 5.32 Å². The van der Waals surface area contributed by atoms with E-state index in [4.69, 9.17) is 0 Å². The maximum Gasteiger partial charge on any atom is 0.0644 e. The topological polar surface area (TPSA) is 35.5 Å². The van der Waals surface area contributed by atoms with Crippen LogP contribution >= 0.6 is 0 Å². The fourth-order valence-corrected chi connectivity index (χ4v) is 3.83. The standard InChI is InChI=1S/C16H30N2O/c1-15(19)8-10-18(11-9-15)13-16(6-2-3-7-16)12-17-14-4-5-14/h14,17,19H,2-13H2,1H3. The van der Waals surface area contributed by atoms with Gasteiger partial charge in [0.05, 0.1) is 5.60 Å². The maximum atomic E-state index is 10.1. The summed E-state index contributed by atoms with van der Waals surface area (Å²) in [6.45, 7) is 6.63. The molecule has 0 aromatic heterocycles. The average molecular weight is 266 g/mol. The average Bonchev–Trinajstić information content (AvgIpc) is 3.10.